The summed E-state index contributed by atoms with van der Waals surface area (Å²) in [6.45, 7) is 2.16. The molecule has 1 aliphatic rings. The minimum Gasteiger partial charge on any atom is -0.369 e. The summed E-state index contributed by atoms with van der Waals surface area (Å²) in [6.07, 6.45) is 4.02. The zero-order valence-electron chi connectivity index (χ0n) is 17.5. The molecule has 4 rings (SSSR count). The van der Waals surface area contributed by atoms with Gasteiger partial charge in [-0.25, -0.2) is 4.98 Å². The summed E-state index contributed by atoms with van der Waals surface area (Å²) in [7, 11) is -1.04. The number of guanidine groups is 1. The molecule has 0 saturated carbocycles. The van der Waals surface area contributed by atoms with Gasteiger partial charge in [-0.3, -0.25) is 4.21 Å². The zero-order chi connectivity index (χ0) is 21.6. The van der Waals surface area contributed by atoms with Crippen molar-refractivity contribution in [1.29, 1.82) is 0 Å². The molecule has 0 bridgehead atoms. The third-order valence-electron chi connectivity index (χ3n) is 5.42. The number of benzene rings is 2. The van der Waals surface area contributed by atoms with Gasteiger partial charge in [0.1, 0.15) is 0 Å². The van der Waals surface area contributed by atoms with Crippen LogP contribution < -0.4 is 16.4 Å². The number of rotatable bonds is 5. The number of piperidine rings is 1. The highest BCUT2D eigenvalue weighted by atomic mass is 32.2. The van der Waals surface area contributed by atoms with Gasteiger partial charge in [0, 0.05) is 33.2 Å². The van der Waals surface area contributed by atoms with Crippen molar-refractivity contribution in [3.05, 3.63) is 72.3 Å². The molecule has 1 unspecified atom stereocenters. The summed E-state index contributed by atoms with van der Waals surface area (Å²) in [5.74, 6) is 1.41. The normalized spacial score (nSPS) is 16.1. The van der Waals surface area contributed by atoms with Crippen LogP contribution in [0.25, 0.3) is 11.3 Å². The molecule has 160 valence electrons. The van der Waals surface area contributed by atoms with Gasteiger partial charge in [0.25, 0.3) is 0 Å². The highest BCUT2D eigenvalue weighted by molar-refractivity contribution is 7.84. The number of nitrogens with zero attached hydrogens (tertiary/aromatic N) is 2. The van der Waals surface area contributed by atoms with Gasteiger partial charge in [-0.1, -0.05) is 30.3 Å². The van der Waals surface area contributed by atoms with Gasteiger partial charge in [-0.2, -0.15) is 4.99 Å². The standard InChI is InChI=1S/C24H27N5OS/c1-31(30)21-5-2-4-19(16-21)22-6-3-7-23(28-22)29-24(25)27-20-10-8-17(9-11-20)18-12-14-26-15-13-18/h2-11,16,18,26H,12-15H2,1H3,(H3,25,27,28,29). The maximum Gasteiger partial charge on any atom is 0.199 e. The average molecular weight is 434 g/mol. The molecule has 0 aliphatic carbocycles. The smallest absolute Gasteiger partial charge is 0.199 e. The summed E-state index contributed by atoms with van der Waals surface area (Å²) >= 11 is 0. The number of hydrogen-bond acceptors (Lipinski definition) is 4. The largest absolute Gasteiger partial charge is 0.369 e. The minimum atomic E-state index is -1.04. The summed E-state index contributed by atoms with van der Waals surface area (Å²) in [5.41, 5.74) is 10.0. The van der Waals surface area contributed by atoms with E-state index in [4.69, 9.17) is 5.73 Å². The number of aromatic nitrogens is 1. The van der Waals surface area contributed by atoms with Crippen LogP contribution in [0.2, 0.25) is 0 Å². The Morgan fingerprint density at radius 2 is 1.84 bits per heavy atom. The fourth-order valence-corrected chi connectivity index (χ4v) is 4.34. The maximum atomic E-state index is 11.8. The van der Waals surface area contributed by atoms with Gasteiger partial charge in [-0.05, 0) is 73.8 Å². The van der Waals surface area contributed by atoms with Crippen LogP contribution in [0.4, 0.5) is 11.5 Å². The van der Waals surface area contributed by atoms with Crippen molar-refractivity contribution in [3.8, 4) is 11.3 Å². The predicted molar refractivity (Wildman–Crippen MR) is 128 cm³/mol. The Morgan fingerprint density at radius 3 is 2.58 bits per heavy atom. The summed E-state index contributed by atoms with van der Waals surface area (Å²) in [5, 5.41) is 6.54. The molecule has 1 aromatic heterocycles. The molecule has 7 heteroatoms. The second-order valence-corrected chi connectivity index (χ2v) is 9.01. The van der Waals surface area contributed by atoms with E-state index >= 15 is 0 Å². The molecule has 0 amide bonds. The number of pyridine rings is 1. The molecule has 4 N–H and O–H groups in total. The van der Waals surface area contributed by atoms with E-state index in [0.29, 0.717) is 11.7 Å². The van der Waals surface area contributed by atoms with E-state index in [9.17, 15) is 4.21 Å². The molecule has 1 saturated heterocycles. The highest BCUT2D eigenvalue weighted by Gasteiger charge is 2.14. The summed E-state index contributed by atoms with van der Waals surface area (Å²) in [4.78, 5) is 9.77. The molecular weight excluding hydrogens is 406 g/mol. The Balaban J connectivity index is 1.47. The first-order valence-corrected chi connectivity index (χ1v) is 12.0. The van der Waals surface area contributed by atoms with Crippen LogP contribution in [0.15, 0.2) is 76.6 Å². The number of anilines is 1. The molecule has 1 atom stereocenters. The summed E-state index contributed by atoms with van der Waals surface area (Å²) in [6, 6.07) is 21.6. The van der Waals surface area contributed by atoms with Gasteiger partial charge >= 0.3 is 0 Å². The first-order chi connectivity index (χ1) is 15.1. The molecular formula is C24H27N5OS. The SMILES string of the molecule is CS(=O)c1cccc(-c2cccc(/N=C(\N)Nc3ccc(C4CCNCC4)cc3)n2)c1. The van der Waals surface area contributed by atoms with Crippen LogP contribution in [0.1, 0.15) is 24.3 Å². The van der Waals surface area contributed by atoms with E-state index in [1.807, 2.05) is 48.5 Å². The maximum absolute atomic E-state index is 11.8. The Bertz CT molecular complexity index is 1090. The van der Waals surface area contributed by atoms with Crippen LogP contribution in [0.3, 0.4) is 0 Å². The molecule has 2 aromatic carbocycles. The molecule has 0 radical (unpaired) electrons. The van der Waals surface area contributed by atoms with E-state index in [2.05, 4.69) is 32.7 Å². The lowest BCUT2D eigenvalue weighted by atomic mass is 9.90. The lowest BCUT2D eigenvalue weighted by molar-refractivity contribution is 0.460. The average Bonchev–Trinajstić information content (AvgIpc) is 2.80. The Kier molecular flexibility index (Phi) is 6.74. The van der Waals surface area contributed by atoms with Gasteiger partial charge in [0.05, 0.1) is 5.69 Å². The van der Waals surface area contributed by atoms with Crippen LogP contribution in [0.5, 0.6) is 0 Å². The quantitative estimate of drug-likeness (QED) is 0.418. The topological polar surface area (TPSA) is 92.4 Å². The van der Waals surface area contributed by atoms with Crippen molar-refractivity contribution in [1.82, 2.24) is 10.3 Å². The van der Waals surface area contributed by atoms with Crippen LogP contribution in [-0.2, 0) is 10.8 Å². The third kappa shape index (κ3) is 5.57. The van der Waals surface area contributed by atoms with Crippen molar-refractivity contribution in [2.24, 2.45) is 10.7 Å². The highest BCUT2D eigenvalue weighted by Crippen LogP contribution is 2.26. The zero-order valence-corrected chi connectivity index (χ0v) is 18.4. The van der Waals surface area contributed by atoms with E-state index in [-0.39, 0.29) is 5.96 Å². The third-order valence-corrected chi connectivity index (χ3v) is 6.34. The summed E-state index contributed by atoms with van der Waals surface area (Å²) < 4.78 is 11.8. The van der Waals surface area contributed by atoms with E-state index in [1.165, 1.54) is 18.4 Å². The predicted octanol–water partition coefficient (Wildman–Crippen LogP) is 4.01. The van der Waals surface area contributed by atoms with Crippen molar-refractivity contribution in [2.75, 3.05) is 24.7 Å². The Hall–Kier alpha value is -3.03. The van der Waals surface area contributed by atoms with Gasteiger partial charge in [-0.15, -0.1) is 0 Å². The fourth-order valence-electron chi connectivity index (χ4n) is 3.77. The molecule has 0 spiro atoms. The van der Waals surface area contributed by atoms with E-state index in [0.717, 1.165) is 34.9 Å². The molecule has 2 heterocycles. The van der Waals surface area contributed by atoms with Crippen LogP contribution in [-0.4, -0.2) is 34.5 Å². The van der Waals surface area contributed by atoms with Crippen molar-refractivity contribution in [3.63, 3.8) is 0 Å². The number of aliphatic imine (C=N–C) groups is 1. The van der Waals surface area contributed by atoms with Gasteiger partial charge in [0.15, 0.2) is 11.8 Å². The number of hydrogen-bond donors (Lipinski definition) is 3. The minimum absolute atomic E-state index is 0.280. The van der Waals surface area contributed by atoms with Crippen molar-refractivity contribution < 1.29 is 4.21 Å². The lowest BCUT2D eigenvalue weighted by Gasteiger charge is -2.23. The number of nitrogens with two attached hydrogens (primary N) is 1. The first-order valence-electron chi connectivity index (χ1n) is 10.4. The monoisotopic (exact) mass is 433 g/mol. The van der Waals surface area contributed by atoms with Gasteiger partial charge in [0.2, 0.25) is 0 Å². The van der Waals surface area contributed by atoms with Gasteiger partial charge < -0.3 is 16.4 Å². The Morgan fingerprint density at radius 1 is 1.10 bits per heavy atom. The second kappa shape index (κ2) is 9.85. The van der Waals surface area contributed by atoms with E-state index < -0.39 is 10.8 Å². The molecule has 1 aliphatic heterocycles. The van der Waals surface area contributed by atoms with Crippen molar-refractivity contribution in [2.45, 2.75) is 23.7 Å². The first kappa shape index (κ1) is 21.2. The second-order valence-electron chi connectivity index (χ2n) is 7.63. The van der Waals surface area contributed by atoms with E-state index in [1.54, 1.807) is 12.3 Å². The van der Waals surface area contributed by atoms with Crippen LogP contribution in [0, 0.1) is 0 Å². The van der Waals surface area contributed by atoms with Crippen LogP contribution >= 0.6 is 0 Å². The molecule has 31 heavy (non-hydrogen) atoms. The molecule has 6 nitrogen and oxygen atoms in total. The Labute approximate surface area is 185 Å². The van der Waals surface area contributed by atoms with Crippen molar-refractivity contribution >= 4 is 28.3 Å². The lowest BCUT2D eigenvalue weighted by Crippen LogP contribution is -2.26. The molecule has 3 aromatic rings. The number of nitrogens with one attached hydrogen (secondary N) is 2. The fraction of sp³-hybridized carbons (Fsp3) is 0.250. The molecule has 1 fully saturated rings.